The summed E-state index contributed by atoms with van der Waals surface area (Å²) in [6, 6.07) is 3.86. The van der Waals surface area contributed by atoms with Gasteiger partial charge < -0.3 is 0 Å². The molecule has 4 heteroatoms. The minimum atomic E-state index is 0.142. The summed E-state index contributed by atoms with van der Waals surface area (Å²) in [5.74, 6) is 0. The lowest BCUT2D eigenvalue weighted by Crippen LogP contribution is -1.94. The average molecular weight is 225 g/mol. The van der Waals surface area contributed by atoms with Gasteiger partial charge in [-0.2, -0.15) is 10.5 Å². The van der Waals surface area contributed by atoms with Gasteiger partial charge in [0.05, 0.1) is 21.2 Å². The molecule has 0 atom stereocenters. The van der Waals surface area contributed by atoms with Gasteiger partial charge in [0.15, 0.2) is 0 Å². The Hall–Kier alpha value is -1.22. The quantitative estimate of drug-likeness (QED) is 0.679. The molecule has 0 saturated heterocycles. The highest BCUT2D eigenvalue weighted by Gasteiger charge is 2.16. The van der Waals surface area contributed by atoms with E-state index in [4.69, 9.17) is 33.7 Å². The van der Waals surface area contributed by atoms with Gasteiger partial charge in [-0.15, -0.1) is 0 Å². The first-order valence-corrected chi connectivity index (χ1v) is 4.58. The zero-order valence-corrected chi connectivity index (χ0v) is 9.16. The molecule has 0 aliphatic heterocycles. The second-order valence-electron chi connectivity index (χ2n) is 2.85. The molecule has 14 heavy (non-hydrogen) atoms. The fourth-order valence-electron chi connectivity index (χ4n) is 1.16. The highest BCUT2D eigenvalue weighted by molar-refractivity contribution is 6.38. The lowest BCUT2D eigenvalue weighted by Gasteiger charge is -2.09. The molecule has 0 aromatic heterocycles. The van der Waals surface area contributed by atoms with Gasteiger partial charge in [-0.05, 0) is 25.0 Å². The Labute approximate surface area is 92.3 Å². The SMILES string of the molecule is Cc1c(C)c(C#N)c(Cl)c(C#N)c1Cl. The van der Waals surface area contributed by atoms with Crippen LogP contribution >= 0.6 is 23.2 Å². The van der Waals surface area contributed by atoms with Gasteiger partial charge in [-0.3, -0.25) is 0 Å². The molecule has 0 fully saturated rings. The summed E-state index contributed by atoms with van der Waals surface area (Å²) in [5.41, 5.74) is 1.95. The number of halogens is 2. The van der Waals surface area contributed by atoms with Crippen molar-refractivity contribution in [2.45, 2.75) is 13.8 Å². The molecule has 0 unspecified atom stereocenters. The predicted molar refractivity (Wildman–Crippen MR) is 55.4 cm³/mol. The monoisotopic (exact) mass is 224 g/mol. The third kappa shape index (κ3) is 1.44. The van der Waals surface area contributed by atoms with Crippen LogP contribution in [0.25, 0.3) is 0 Å². The van der Waals surface area contributed by atoms with Gasteiger partial charge in [0.2, 0.25) is 0 Å². The fourth-order valence-corrected chi connectivity index (χ4v) is 1.80. The second kappa shape index (κ2) is 3.88. The van der Waals surface area contributed by atoms with E-state index in [0.29, 0.717) is 10.6 Å². The van der Waals surface area contributed by atoms with Gasteiger partial charge in [0.25, 0.3) is 0 Å². The zero-order chi connectivity index (χ0) is 10.9. The van der Waals surface area contributed by atoms with Crippen LogP contribution in [0, 0.1) is 36.5 Å². The number of benzene rings is 1. The van der Waals surface area contributed by atoms with E-state index in [9.17, 15) is 0 Å². The van der Waals surface area contributed by atoms with Crippen molar-refractivity contribution in [2.24, 2.45) is 0 Å². The molecule has 1 aromatic carbocycles. The summed E-state index contributed by atoms with van der Waals surface area (Å²) in [7, 11) is 0. The van der Waals surface area contributed by atoms with E-state index in [1.54, 1.807) is 13.8 Å². The van der Waals surface area contributed by atoms with Gasteiger partial charge in [-0.1, -0.05) is 23.2 Å². The maximum absolute atomic E-state index is 8.85. The Balaban J connectivity index is 3.78. The van der Waals surface area contributed by atoms with E-state index in [1.165, 1.54) is 0 Å². The molecule has 0 radical (unpaired) electrons. The van der Waals surface area contributed by atoms with Crippen LogP contribution in [0.2, 0.25) is 10.0 Å². The smallest absolute Gasteiger partial charge is 0.102 e. The summed E-state index contributed by atoms with van der Waals surface area (Å²) in [6.07, 6.45) is 0. The summed E-state index contributed by atoms with van der Waals surface area (Å²) in [4.78, 5) is 0. The van der Waals surface area contributed by atoms with E-state index in [2.05, 4.69) is 0 Å². The molecule has 2 nitrogen and oxygen atoms in total. The number of rotatable bonds is 0. The van der Waals surface area contributed by atoms with Crippen molar-refractivity contribution in [1.29, 1.82) is 10.5 Å². The van der Waals surface area contributed by atoms with Crippen molar-refractivity contribution in [3.8, 4) is 12.1 Å². The van der Waals surface area contributed by atoms with E-state index in [-0.39, 0.29) is 10.6 Å². The topological polar surface area (TPSA) is 47.6 Å². The standard InChI is InChI=1S/C10H6Cl2N2/c1-5-6(2)9(11)8(4-14)10(12)7(5)3-13/h1-2H3. The molecule has 0 N–H and O–H groups in total. The molecule has 1 aromatic rings. The lowest BCUT2D eigenvalue weighted by molar-refractivity contribution is 1.29. The summed E-state index contributed by atoms with van der Waals surface area (Å²) in [6.45, 7) is 3.52. The predicted octanol–water partition coefficient (Wildman–Crippen LogP) is 3.35. The van der Waals surface area contributed by atoms with Gasteiger partial charge in [0, 0.05) is 0 Å². The van der Waals surface area contributed by atoms with Crippen LogP contribution in [0.4, 0.5) is 0 Å². The zero-order valence-electron chi connectivity index (χ0n) is 7.65. The van der Waals surface area contributed by atoms with Crippen molar-refractivity contribution in [3.63, 3.8) is 0 Å². The van der Waals surface area contributed by atoms with Gasteiger partial charge in [0.1, 0.15) is 12.1 Å². The first kappa shape index (κ1) is 10.9. The second-order valence-corrected chi connectivity index (χ2v) is 3.61. The number of nitrogens with zero attached hydrogens (tertiary/aromatic N) is 2. The maximum atomic E-state index is 8.85. The molecule has 0 spiro atoms. The molecule has 1 rings (SSSR count). The Morgan fingerprint density at radius 2 is 1.36 bits per heavy atom. The molecule has 0 heterocycles. The third-order valence-electron chi connectivity index (χ3n) is 2.15. The Bertz CT molecular complexity index is 437. The van der Waals surface area contributed by atoms with Crippen LogP contribution < -0.4 is 0 Å². The largest absolute Gasteiger partial charge is 0.192 e. The van der Waals surface area contributed by atoms with Crippen LogP contribution in [0.5, 0.6) is 0 Å². The lowest BCUT2D eigenvalue weighted by atomic mass is 10.0. The Morgan fingerprint density at radius 1 is 0.857 bits per heavy atom. The molecule has 0 aliphatic carbocycles. The Kier molecular flexibility index (Phi) is 3.01. The Morgan fingerprint density at radius 3 is 1.79 bits per heavy atom. The van der Waals surface area contributed by atoms with Crippen molar-refractivity contribution in [2.75, 3.05) is 0 Å². The molecule has 0 aliphatic rings. The van der Waals surface area contributed by atoms with E-state index in [0.717, 1.165) is 11.1 Å². The van der Waals surface area contributed by atoms with Crippen LogP contribution in [0.1, 0.15) is 22.3 Å². The minimum absolute atomic E-state index is 0.142. The average Bonchev–Trinajstić information content (AvgIpc) is 2.16. The normalized spacial score (nSPS) is 9.29. The fraction of sp³-hybridized carbons (Fsp3) is 0.200. The molecule has 0 amide bonds. The van der Waals surface area contributed by atoms with Crippen LogP contribution in [-0.2, 0) is 0 Å². The van der Waals surface area contributed by atoms with Crippen molar-refractivity contribution in [1.82, 2.24) is 0 Å². The molecule has 70 valence electrons. The van der Waals surface area contributed by atoms with Crippen molar-refractivity contribution >= 4 is 23.2 Å². The van der Waals surface area contributed by atoms with Gasteiger partial charge in [-0.25, -0.2) is 0 Å². The number of hydrogen-bond acceptors (Lipinski definition) is 2. The van der Waals surface area contributed by atoms with E-state index < -0.39 is 0 Å². The molecular weight excluding hydrogens is 219 g/mol. The molecule has 0 saturated carbocycles. The van der Waals surface area contributed by atoms with Crippen LogP contribution in [-0.4, -0.2) is 0 Å². The summed E-state index contributed by atoms with van der Waals surface area (Å²) in [5, 5.41) is 18.1. The minimum Gasteiger partial charge on any atom is -0.192 e. The highest BCUT2D eigenvalue weighted by Crippen LogP contribution is 2.33. The summed E-state index contributed by atoms with van der Waals surface area (Å²) >= 11 is 11.8. The summed E-state index contributed by atoms with van der Waals surface area (Å²) < 4.78 is 0. The van der Waals surface area contributed by atoms with Crippen molar-refractivity contribution in [3.05, 3.63) is 32.3 Å². The third-order valence-corrected chi connectivity index (χ3v) is 3.00. The van der Waals surface area contributed by atoms with E-state index >= 15 is 0 Å². The van der Waals surface area contributed by atoms with E-state index in [1.807, 2.05) is 12.1 Å². The van der Waals surface area contributed by atoms with Crippen LogP contribution in [0.3, 0.4) is 0 Å². The van der Waals surface area contributed by atoms with Crippen LogP contribution in [0.15, 0.2) is 0 Å². The first-order valence-electron chi connectivity index (χ1n) is 3.83. The number of nitriles is 2. The van der Waals surface area contributed by atoms with Gasteiger partial charge >= 0.3 is 0 Å². The number of hydrogen-bond donors (Lipinski definition) is 0. The first-order chi connectivity index (χ1) is 6.54. The molecule has 0 bridgehead atoms. The maximum Gasteiger partial charge on any atom is 0.102 e. The molecular formula is C10H6Cl2N2. The van der Waals surface area contributed by atoms with Crippen molar-refractivity contribution < 1.29 is 0 Å². The highest BCUT2D eigenvalue weighted by atomic mass is 35.5.